The molecule has 2 N–H and O–H groups in total. The Labute approximate surface area is 199 Å². The average molecular weight is 516 g/mol. The van der Waals surface area contributed by atoms with E-state index >= 15 is 0 Å². The van der Waals surface area contributed by atoms with Crippen LogP contribution in [0.4, 0.5) is 18.9 Å². The Morgan fingerprint density at radius 2 is 1.62 bits per heavy atom. The van der Waals surface area contributed by atoms with Crippen molar-refractivity contribution in [2.75, 3.05) is 5.32 Å². The van der Waals surface area contributed by atoms with Crippen LogP contribution in [0.2, 0.25) is 5.02 Å². The summed E-state index contributed by atoms with van der Waals surface area (Å²) in [7, 11) is -4.06. The molecule has 11 heteroatoms. The van der Waals surface area contributed by atoms with Gasteiger partial charge in [-0.25, -0.2) is 21.6 Å². The van der Waals surface area contributed by atoms with Crippen LogP contribution in [0.5, 0.6) is 0 Å². The van der Waals surface area contributed by atoms with Crippen molar-refractivity contribution in [1.29, 1.82) is 0 Å². The van der Waals surface area contributed by atoms with E-state index in [2.05, 4.69) is 5.32 Å². The average Bonchev–Trinajstić information content (AvgIpc) is 3.05. The molecule has 0 spiro atoms. The van der Waals surface area contributed by atoms with Gasteiger partial charge >= 0.3 is 0 Å². The van der Waals surface area contributed by atoms with Crippen molar-refractivity contribution in [3.05, 3.63) is 58.4 Å². The van der Waals surface area contributed by atoms with E-state index in [1.165, 1.54) is 19.1 Å². The van der Waals surface area contributed by atoms with Crippen LogP contribution in [0.1, 0.15) is 43.0 Å². The zero-order chi connectivity index (χ0) is 25.0. The lowest BCUT2D eigenvalue weighted by atomic mass is 9.75. The number of anilines is 1. The molecule has 6 nitrogen and oxygen atoms in total. The molecule has 2 saturated carbocycles. The van der Waals surface area contributed by atoms with Gasteiger partial charge in [-0.3, -0.25) is 9.59 Å². The molecule has 0 radical (unpaired) electrons. The highest BCUT2D eigenvalue weighted by Gasteiger charge is 2.55. The van der Waals surface area contributed by atoms with E-state index in [0.29, 0.717) is 25.0 Å². The molecular weight excluding hydrogens is 495 g/mol. The number of fused-ring (bicyclic) bond motifs is 2. The molecule has 0 unspecified atom stereocenters. The van der Waals surface area contributed by atoms with E-state index < -0.39 is 61.7 Å². The molecule has 0 heterocycles. The SMILES string of the molecule is CC(=O)C1(O)C[C@@H]2CC[C@@H](C1)C2S(=O)(=O)c1cc(C(=O)Nc2cc(F)c(F)c(F)c2)ccc1Cl. The molecule has 2 aromatic carbocycles. The number of Topliss-reactive ketones (excluding diaryl/α,β-unsaturated/α-hetero) is 1. The normalized spacial score (nSPS) is 26.4. The van der Waals surface area contributed by atoms with Crippen LogP contribution in [0.15, 0.2) is 35.2 Å². The van der Waals surface area contributed by atoms with Gasteiger partial charge in [-0.2, -0.15) is 0 Å². The van der Waals surface area contributed by atoms with E-state index in [1.807, 2.05) is 0 Å². The van der Waals surface area contributed by atoms with Crippen molar-refractivity contribution in [2.45, 2.75) is 48.4 Å². The second-order valence-corrected chi connectivity index (χ2v) is 11.4. The van der Waals surface area contributed by atoms with Crippen molar-refractivity contribution in [3.8, 4) is 0 Å². The highest BCUT2D eigenvalue weighted by Crippen LogP contribution is 2.51. The number of rotatable bonds is 5. The number of hydrogen-bond donors (Lipinski definition) is 2. The quantitative estimate of drug-likeness (QED) is 0.579. The maximum atomic E-state index is 13.6. The topological polar surface area (TPSA) is 101 Å². The lowest BCUT2D eigenvalue weighted by Gasteiger charge is -2.39. The minimum Gasteiger partial charge on any atom is -0.382 e. The van der Waals surface area contributed by atoms with Gasteiger partial charge in [-0.1, -0.05) is 11.6 Å². The molecule has 0 aliphatic heterocycles. The summed E-state index contributed by atoms with van der Waals surface area (Å²) < 4.78 is 67.2. The van der Waals surface area contributed by atoms with Gasteiger partial charge in [-0.15, -0.1) is 0 Å². The summed E-state index contributed by atoms with van der Waals surface area (Å²) in [6, 6.07) is 4.75. The van der Waals surface area contributed by atoms with Gasteiger partial charge in [0.1, 0.15) is 5.60 Å². The number of amides is 1. The number of hydrogen-bond acceptors (Lipinski definition) is 5. The van der Waals surface area contributed by atoms with Crippen LogP contribution in [-0.4, -0.2) is 36.1 Å². The van der Waals surface area contributed by atoms with Crippen LogP contribution in [0, 0.1) is 29.3 Å². The van der Waals surface area contributed by atoms with Gasteiger partial charge in [0, 0.05) is 23.4 Å². The Balaban J connectivity index is 1.63. The molecule has 0 aromatic heterocycles. The lowest BCUT2D eigenvalue weighted by molar-refractivity contribution is -0.140. The molecule has 1 amide bonds. The molecular formula is C23H21ClF3NO5S. The zero-order valence-corrected chi connectivity index (χ0v) is 19.5. The maximum absolute atomic E-state index is 13.6. The third-order valence-corrected chi connectivity index (χ3v) is 9.67. The van der Waals surface area contributed by atoms with Gasteiger partial charge in [0.15, 0.2) is 33.1 Å². The maximum Gasteiger partial charge on any atom is 0.255 e. The second-order valence-electron chi connectivity index (χ2n) is 8.96. The first-order valence-corrected chi connectivity index (χ1v) is 12.5. The van der Waals surface area contributed by atoms with E-state index in [4.69, 9.17) is 11.6 Å². The molecule has 2 bridgehead atoms. The first kappa shape index (κ1) is 24.7. The lowest BCUT2D eigenvalue weighted by Crippen LogP contribution is -2.49. The largest absolute Gasteiger partial charge is 0.382 e. The van der Waals surface area contributed by atoms with Crippen molar-refractivity contribution in [3.63, 3.8) is 0 Å². The third-order valence-electron chi connectivity index (χ3n) is 6.79. The van der Waals surface area contributed by atoms with E-state index in [0.717, 1.165) is 6.07 Å². The van der Waals surface area contributed by atoms with Gasteiger partial charge in [-0.05, 0) is 62.6 Å². The Morgan fingerprint density at radius 3 is 2.15 bits per heavy atom. The van der Waals surface area contributed by atoms with E-state index in [-0.39, 0.29) is 34.0 Å². The molecule has 4 rings (SSSR count). The number of aliphatic hydroxyl groups is 1. The Kier molecular flexibility index (Phi) is 6.28. The van der Waals surface area contributed by atoms with E-state index in [1.54, 1.807) is 0 Å². The van der Waals surface area contributed by atoms with Crippen LogP contribution in [0.25, 0.3) is 0 Å². The van der Waals surface area contributed by atoms with Crippen molar-refractivity contribution >= 4 is 38.8 Å². The van der Waals surface area contributed by atoms with Gasteiger partial charge < -0.3 is 10.4 Å². The summed E-state index contributed by atoms with van der Waals surface area (Å²) >= 11 is 6.19. The summed E-state index contributed by atoms with van der Waals surface area (Å²) in [4.78, 5) is 24.3. The number of carbonyl (C=O) groups excluding carboxylic acids is 2. The predicted molar refractivity (Wildman–Crippen MR) is 118 cm³/mol. The minimum absolute atomic E-state index is 0.0300. The van der Waals surface area contributed by atoms with Crippen LogP contribution in [-0.2, 0) is 14.6 Å². The van der Waals surface area contributed by atoms with Gasteiger partial charge in [0.25, 0.3) is 5.91 Å². The summed E-state index contributed by atoms with van der Waals surface area (Å²) in [5.41, 5.74) is -2.05. The number of carbonyl (C=O) groups is 2. The molecule has 2 aromatic rings. The second kappa shape index (κ2) is 8.66. The Hall–Kier alpha value is -2.43. The fraction of sp³-hybridized carbons (Fsp3) is 0.391. The van der Waals surface area contributed by atoms with Crippen LogP contribution in [0.3, 0.4) is 0 Å². The molecule has 2 atom stereocenters. The van der Waals surface area contributed by atoms with Crippen molar-refractivity contribution in [2.24, 2.45) is 11.8 Å². The van der Waals surface area contributed by atoms with Crippen molar-refractivity contribution < 1.29 is 36.3 Å². The number of halogens is 4. The Bertz CT molecular complexity index is 1260. The molecule has 182 valence electrons. The minimum atomic E-state index is -4.06. The number of ketones is 1. The Morgan fingerprint density at radius 1 is 1.06 bits per heavy atom. The highest BCUT2D eigenvalue weighted by atomic mass is 35.5. The standard InChI is InChI=1S/C23H21ClF3NO5S/c1-11(29)23(31)9-13-2-3-14(10-23)21(13)34(32,33)19-6-12(4-5-16(19)24)22(30)28-15-7-17(25)20(27)18(26)8-15/h4-8,13-14,21,31H,2-3,9-10H2,1H3,(H,28,30)/t13-,14-,21?,23?/m0/s1. The van der Waals surface area contributed by atoms with Gasteiger partial charge in [0.2, 0.25) is 0 Å². The number of benzene rings is 2. The third kappa shape index (κ3) is 4.23. The zero-order valence-electron chi connectivity index (χ0n) is 17.9. The monoisotopic (exact) mass is 515 g/mol. The summed E-state index contributed by atoms with van der Waals surface area (Å²) in [6.45, 7) is 1.28. The summed E-state index contributed by atoms with van der Waals surface area (Å²) in [5, 5.41) is 11.9. The van der Waals surface area contributed by atoms with Crippen molar-refractivity contribution in [1.82, 2.24) is 0 Å². The fourth-order valence-corrected chi connectivity index (χ4v) is 8.01. The number of nitrogens with one attached hydrogen (secondary N) is 1. The first-order chi connectivity index (χ1) is 15.8. The molecule has 34 heavy (non-hydrogen) atoms. The number of sulfone groups is 1. The fourth-order valence-electron chi connectivity index (χ4n) is 5.16. The molecule has 2 fully saturated rings. The predicted octanol–water partition coefficient (Wildman–Crippen LogP) is 4.29. The first-order valence-electron chi connectivity index (χ1n) is 10.6. The smallest absolute Gasteiger partial charge is 0.255 e. The van der Waals surface area contributed by atoms with Gasteiger partial charge in [0.05, 0.1) is 15.2 Å². The molecule has 2 aliphatic carbocycles. The molecule has 2 aliphatic rings. The summed E-state index contributed by atoms with van der Waals surface area (Å²) in [5.74, 6) is -6.84. The van der Waals surface area contributed by atoms with Crippen LogP contribution >= 0.6 is 11.6 Å². The highest BCUT2D eigenvalue weighted by molar-refractivity contribution is 7.92. The van der Waals surface area contributed by atoms with E-state index in [9.17, 15) is 36.3 Å². The molecule has 0 saturated heterocycles. The van der Waals surface area contributed by atoms with Crippen LogP contribution < -0.4 is 5.32 Å². The summed E-state index contributed by atoms with van der Waals surface area (Å²) in [6.07, 6.45) is 1.12.